The number of nitrogens with one attached hydrogen (secondary N) is 1. The lowest BCUT2D eigenvalue weighted by atomic mass is 10.1. The van der Waals surface area contributed by atoms with E-state index in [9.17, 15) is 4.79 Å². The zero-order valence-electron chi connectivity index (χ0n) is 14.6. The second kappa shape index (κ2) is 6.44. The number of pyridine rings is 1. The molecule has 0 unspecified atom stereocenters. The number of para-hydroxylation sites is 1. The van der Waals surface area contributed by atoms with Gasteiger partial charge in [0.2, 0.25) is 0 Å². The Kier molecular flexibility index (Phi) is 3.97. The number of aromatic nitrogens is 3. The predicted molar refractivity (Wildman–Crippen MR) is 103 cm³/mol. The minimum Gasteiger partial charge on any atom is -0.320 e. The van der Waals surface area contributed by atoms with Crippen LogP contribution in [0.25, 0.3) is 16.7 Å². The molecule has 0 aliphatic rings. The molecular formula is C21H18N4O. The highest BCUT2D eigenvalue weighted by atomic mass is 16.1. The van der Waals surface area contributed by atoms with Gasteiger partial charge in [0.15, 0.2) is 0 Å². The summed E-state index contributed by atoms with van der Waals surface area (Å²) in [5.41, 5.74) is 5.07. The number of amides is 1. The van der Waals surface area contributed by atoms with E-state index in [0.29, 0.717) is 11.3 Å². The summed E-state index contributed by atoms with van der Waals surface area (Å²) in [7, 11) is 0. The average molecular weight is 342 g/mol. The fraction of sp³-hybridized carbons (Fsp3) is 0.0952. The molecular weight excluding hydrogens is 324 g/mol. The zero-order chi connectivity index (χ0) is 18.1. The number of carbonyl (C=O) groups is 1. The molecule has 0 bridgehead atoms. The summed E-state index contributed by atoms with van der Waals surface area (Å²) in [6.07, 6.45) is 3.36. The van der Waals surface area contributed by atoms with E-state index < -0.39 is 0 Å². The SMILES string of the molecule is Cc1ccncc1NC(=O)c1ccc2c(c1)nc(C)n2-c1ccccc1. The number of nitrogens with zero attached hydrogens (tertiary/aromatic N) is 3. The molecule has 2 aromatic heterocycles. The maximum Gasteiger partial charge on any atom is 0.255 e. The molecule has 0 saturated heterocycles. The number of rotatable bonds is 3. The van der Waals surface area contributed by atoms with Gasteiger partial charge in [-0.25, -0.2) is 4.98 Å². The second-order valence-corrected chi connectivity index (χ2v) is 6.18. The van der Waals surface area contributed by atoms with Crippen LogP contribution in [-0.4, -0.2) is 20.4 Å². The molecule has 5 heteroatoms. The van der Waals surface area contributed by atoms with Crippen LogP contribution in [0.1, 0.15) is 21.7 Å². The van der Waals surface area contributed by atoms with Crippen molar-refractivity contribution >= 4 is 22.6 Å². The van der Waals surface area contributed by atoms with Gasteiger partial charge in [-0.15, -0.1) is 0 Å². The molecule has 4 aromatic rings. The molecule has 0 spiro atoms. The number of benzene rings is 2. The van der Waals surface area contributed by atoms with E-state index >= 15 is 0 Å². The highest BCUT2D eigenvalue weighted by molar-refractivity contribution is 6.06. The summed E-state index contributed by atoms with van der Waals surface area (Å²) in [4.78, 5) is 21.3. The van der Waals surface area contributed by atoms with Crippen LogP contribution < -0.4 is 5.32 Å². The Bertz CT molecular complexity index is 1100. The van der Waals surface area contributed by atoms with Crippen molar-refractivity contribution in [2.45, 2.75) is 13.8 Å². The average Bonchev–Trinajstić information content (AvgIpc) is 2.99. The van der Waals surface area contributed by atoms with Crippen molar-refractivity contribution in [1.29, 1.82) is 0 Å². The van der Waals surface area contributed by atoms with Crippen LogP contribution >= 0.6 is 0 Å². The monoisotopic (exact) mass is 342 g/mol. The summed E-state index contributed by atoms with van der Waals surface area (Å²) in [6, 6.07) is 17.5. The molecule has 0 saturated carbocycles. The summed E-state index contributed by atoms with van der Waals surface area (Å²) < 4.78 is 2.09. The van der Waals surface area contributed by atoms with Crippen LogP contribution in [0.4, 0.5) is 5.69 Å². The number of anilines is 1. The van der Waals surface area contributed by atoms with Gasteiger partial charge in [0, 0.05) is 17.4 Å². The van der Waals surface area contributed by atoms with E-state index in [1.165, 1.54) is 0 Å². The molecule has 2 heterocycles. The third kappa shape index (κ3) is 2.84. The molecule has 128 valence electrons. The lowest BCUT2D eigenvalue weighted by Gasteiger charge is -2.08. The van der Waals surface area contributed by atoms with Gasteiger partial charge in [0.25, 0.3) is 5.91 Å². The van der Waals surface area contributed by atoms with E-state index in [0.717, 1.165) is 28.1 Å². The van der Waals surface area contributed by atoms with Crippen LogP contribution in [-0.2, 0) is 0 Å². The van der Waals surface area contributed by atoms with Crippen LogP contribution in [0.5, 0.6) is 0 Å². The maximum absolute atomic E-state index is 12.6. The zero-order valence-corrected chi connectivity index (χ0v) is 14.6. The van der Waals surface area contributed by atoms with E-state index in [2.05, 4.69) is 19.9 Å². The first-order valence-corrected chi connectivity index (χ1v) is 8.40. The topological polar surface area (TPSA) is 59.8 Å². The minimum atomic E-state index is -0.171. The van der Waals surface area contributed by atoms with Crippen LogP contribution in [0.3, 0.4) is 0 Å². The Morgan fingerprint density at radius 1 is 1.04 bits per heavy atom. The summed E-state index contributed by atoms with van der Waals surface area (Å²) in [5, 5.41) is 2.91. The molecule has 26 heavy (non-hydrogen) atoms. The predicted octanol–water partition coefficient (Wildman–Crippen LogP) is 4.29. The van der Waals surface area contributed by atoms with Gasteiger partial charge in [-0.05, 0) is 55.8 Å². The van der Waals surface area contributed by atoms with Gasteiger partial charge in [0.1, 0.15) is 5.82 Å². The quantitative estimate of drug-likeness (QED) is 0.604. The molecule has 5 nitrogen and oxygen atoms in total. The second-order valence-electron chi connectivity index (χ2n) is 6.18. The van der Waals surface area contributed by atoms with Gasteiger partial charge < -0.3 is 5.32 Å². The number of fused-ring (bicyclic) bond motifs is 1. The largest absolute Gasteiger partial charge is 0.320 e. The molecule has 0 fully saturated rings. The van der Waals surface area contributed by atoms with Crippen molar-refractivity contribution in [3.05, 3.63) is 83.9 Å². The fourth-order valence-corrected chi connectivity index (χ4v) is 3.03. The number of carbonyl (C=O) groups excluding carboxylic acids is 1. The Morgan fingerprint density at radius 3 is 2.62 bits per heavy atom. The first kappa shape index (κ1) is 16.0. The maximum atomic E-state index is 12.6. The van der Waals surface area contributed by atoms with E-state index in [1.54, 1.807) is 12.4 Å². The Morgan fingerprint density at radius 2 is 1.85 bits per heavy atom. The summed E-state index contributed by atoms with van der Waals surface area (Å²) in [6.45, 7) is 3.90. The van der Waals surface area contributed by atoms with Crippen LogP contribution in [0.2, 0.25) is 0 Å². The third-order valence-corrected chi connectivity index (χ3v) is 4.39. The molecule has 0 atom stereocenters. The molecule has 2 aromatic carbocycles. The van der Waals surface area contributed by atoms with E-state index in [4.69, 9.17) is 0 Å². The van der Waals surface area contributed by atoms with Gasteiger partial charge in [0.05, 0.1) is 22.9 Å². The third-order valence-electron chi connectivity index (χ3n) is 4.39. The fourth-order valence-electron chi connectivity index (χ4n) is 3.03. The van der Waals surface area contributed by atoms with Crippen molar-refractivity contribution < 1.29 is 4.79 Å². The van der Waals surface area contributed by atoms with E-state index in [1.807, 2.05) is 68.4 Å². The Labute approximate surface area is 151 Å². The highest BCUT2D eigenvalue weighted by Gasteiger charge is 2.13. The molecule has 1 amide bonds. The van der Waals surface area contributed by atoms with Gasteiger partial charge >= 0.3 is 0 Å². The number of imidazole rings is 1. The smallest absolute Gasteiger partial charge is 0.255 e. The number of hydrogen-bond donors (Lipinski definition) is 1. The molecule has 4 rings (SSSR count). The summed E-state index contributed by atoms with van der Waals surface area (Å²) >= 11 is 0. The van der Waals surface area contributed by atoms with E-state index in [-0.39, 0.29) is 5.91 Å². The molecule has 0 aliphatic heterocycles. The van der Waals surface area contributed by atoms with Crippen molar-refractivity contribution in [1.82, 2.24) is 14.5 Å². The first-order chi connectivity index (χ1) is 12.6. The van der Waals surface area contributed by atoms with Crippen LogP contribution in [0, 0.1) is 13.8 Å². The minimum absolute atomic E-state index is 0.171. The standard InChI is InChI=1S/C21H18N4O/c1-14-10-11-22-13-19(14)24-21(26)16-8-9-20-18(12-16)23-15(2)25(20)17-6-4-3-5-7-17/h3-13H,1-2H3,(H,24,26). The Balaban J connectivity index is 1.71. The van der Waals surface area contributed by atoms with Crippen molar-refractivity contribution in [2.24, 2.45) is 0 Å². The first-order valence-electron chi connectivity index (χ1n) is 8.40. The molecule has 0 radical (unpaired) electrons. The summed E-state index contributed by atoms with van der Waals surface area (Å²) in [5.74, 6) is 0.710. The van der Waals surface area contributed by atoms with Gasteiger partial charge in [-0.3, -0.25) is 14.3 Å². The number of aryl methyl sites for hydroxylation is 2. The van der Waals surface area contributed by atoms with Gasteiger partial charge in [-0.2, -0.15) is 0 Å². The van der Waals surface area contributed by atoms with Gasteiger partial charge in [-0.1, -0.05) is 18.2 Å². The van der Waals surface area contributed by atoms with Crippen molar-refractivity contribution in [2.75, 3.05) is 5.32 Å². The van der Waals surface area contributed by atoms with Crippen molar-refractivity contribution in [3.8, 4) is 5.69 Å². The van der Waals surface area contributed by atoms with Crippen molar-refractivity contribution in [3.63, 3.8) is 0 Å². The van der Waals surface area contributed by atoms with Crippen LogP contribution in [0.15, 0.2) is 67.0 Å². The lowest BCUT2D eigenvalue weighted by Crippen LogP contribution is -2.12. The highest BCUT2D eigenvalue weighted by Crippen LogP contribution is 2.23. The Hall–Kier alpha value is -3.47. The normalized spacial score (nSPS) is 10.8. The molecule has 1 N–H and O–H groups in total. The molecule has 0 aliphatic carbocycles. The lowest BCUT2D eigenvalue weighted by molar-refractivity contribution is 0.102. The number of hydrogen-bond acceptors (Lipinski definition) is 3.